The fourth-order valence-electron chi connectivity index (χ4n) is 1.11. The number of hydrogen-bond donors (Lipinski definition) is 0. The molecular weight excluding hydrogens is 173 g/mol. The van der Waals surface area contributed by atoms with Crippen LogP contribution >= 0.6 is 0 Å². The molecule has 1 saturated carbocycles. The van der Waals surface area contributed by atoms with Crippen LogP contribution in [-0.2, 0) is 9.47 Å². The first-order valence-electron chi connectivity index (χ1n) is 3.69. The van der Waals surface area contributed by atoms with Crippen LogP contribution in [0.2, 0.25) is 0 Å². The highest BCUT2D eigenvalue weighted by atomic mass is 19.4. The molecule has 1 fully saturated rings. The van der Waals surface area contributed by atoms with Crippen LogP contribution in [0, 0.1) is 6.61 Å². The van der Waals surface area contributed by atoms with E-state index in [1.165, 1.54) is 6.61 Å². The van der Waals surface area contributed by atoms with Gasteiger partial charge < -0.3 is 4.74 Å². The quantitative estimate of drug-likeness (QED) is 0.668. The zero-order chi connectivity index (χ0) is 9.19. The van der Waals surface area contributed by atoms with E-state index in [2.05, 4.69) is 4.74 Å². The first kappa shape index (κ1) is 9.80. The van der Waals surface area contributed by atoms with E-state index in [1.807, 2.05) is 0 Å². The second-order valence-corrected chi connectivity index (χ2v) is 2.65. The van der Waals surface area contributed by atoms with Gasteiger partial charge in [0.25, 0.3) is 0 Å². The first-order valence-corrected chi connectivity index (χ1v) is 3.69. The molecule has 1 radical (unpaired) electrons. The van der Waals surface area contributed by atoms with Crippen molar-refractivity contribution in [3.8, 4) is 0 Å². The van der Waals surface area contributed by atoms with Crippen LogP contribution in [0.25, 0.3) is 0 Å². The molecule has 0 N–H and O–H groups in total. The van der Waals surface area contributed by atoms with Crippen molar-refractivity contribution < 1.29 is 22.6 Å². The molecule has 12 heavy (non-hydrogen) atoms. The second kappa shape index (κ2) is 3.62. The Morgan fingerprint density at radius 1 is 1.25 bits per heavy atom. The van der Waals surface area contributed by atoms with Gasteiger partial charge in [-0.2, -0.15) is 0 Å². The van der Waals surface area contributed by atoms with Crippen molar-refractivity contribution in [2.45, 2.75) is 38.3 Å². The van der Waals surface area contributed by atoms with E-state index in [1.54, 1.807) is 6.92 Å². The second-order valence-electron chi connectivity index (χ2n) is 2.65. The van der Waals surface area contributed by atoms with Crippen molar-refractivity contribution in [2.24, 2.45) is 0 Å². The average molecular weight is 183 g/mol. The van der Waals surface area contributed by atoms with Gasteiger partial charge in [-0.15, -0.1) is 13.2 Å². The SMILES string of the molecule is C[CH]OC1CC(OC(F)(F)F)C1. The fraction of sp³-hybridized carbons (Fsp3) is 0.857. The van der Waals surface area contributed by atoms with E-state index in [4.69, 9.17) is 4.74 Å². The molecule has 0 unspecified atom stereocenters. The molecule has 1 rings (SSSR count). The Labute approximate surface area is 68.6 Å². The Kier molecular flexibility index (Phi) is 2.95. The lowest BCUT2D eigenvalue weighted by Crippen LogP contribution is -2.40. The molecule has 0 amide bonds. The minimum atomic E-state index is -4.51. The predicted octanol–water partition coefficient (Wildman–Crippen LogP) is 2.25. The van der Waals surface area contributed by atoms with Gasteiger partial charge in [0.05, 0.1) is 18.8 Å². The molecule has 5 heteroatoms. The summed E-state index contributed by atoms with van der Waals surface area (Å²) in [6.45, 7) is 3.17. The van der Waals surface area contributed by atoms with Crippen molar-refractivity contribution in [3.63, 3.8) is 0 Å². The topological polar surface area (TPSA) is 18.5 Å². The van der Waals surface area contributed by atoms with Crippen molar-refractivity contribution in [3.05, 3.63) is 6.61 Å². The minimum absolute atomic E-state index is 0.0950. The Bertz CT molecular complexity index is 140. The fourth-order valence-corrected chi connectivity index (χ4v) is 1.11. The molecule has 1 aliphatic rings. The molecule has 0 heterocycles. The average Bonchev–Trinajstić information content (AvgIpc) is 1.80. The van der Waals surface area contributed by atoms with Crippen molar-refractivity contribution in [2.75, 3.05) is 0 Å². The van der Waals surface area contributed by atoms with Crippen molar-refractivity contribution >= 4 is 0 Å². The molecular formula is C7H10F3O2. The third kappa shape index (κ3) is 2.98. The molecule has 0 bridgehead atoms. The summed E-state index contributed by atoms with van der Waals surface area (Å²) < 4.78 is 43.4. The van der Waals surface area contributed by atoms with Gasteiger partial charge in [0.2, 0.25) is 0 Å². The standard InChI is InChI=1S/C7H10F3O2/c1-2-11-5-3-6(4-5)12-7(8,9)10/h2,5-6H,3-4H2,1H3. The number of hydrogen-bond acceptors (Lipinski definition) is 2. The number of halogens is 3. The molecule has 0 aliphatic heterocycles. The lowest BCUT2D eigenvalue weighted by molar-refractivity contribution is -0.356. The zero-order valence-corrected chi connectivity index (χ0v) is 6.60. The van der Waals surface area contributed by atoms with Gasteiger partial charge >= 0.3 is 6.36 Å². The first-order chi connectivity index (χ1) is 5.51. The van der Waals surface area contributed by atoms with Gasteiger partial charge in [0, 0.05) is 12.8 Å². The molecule has 2 nitrogen and oxygen atoms in total. The van der Waals surface area contributed by atoms with E-state index in [0.29, 0.717) is 12.8 Å². The van der Waals surface area contributed by atoms with Crippen LogP contribution < -0.4 is 0 Å². The molecule has 1 aliphatic carbocycles. The maximum Gasteiger partial charge on any atom is 0.522 e. The Morgan fingerprint density at radius 2 is 1.83 bits per heavy atom. The number of rotatable bonds is 3. The third-order valence-corrected chi connectivity index (χ3v) is 1.68. The van der Waals surface area contributed by atoms with Gasteiger partial charge in [-0.05, 0) is 6.92 Å². The molecule has 0 spiro atoms. The van der Waals surface area contributed by atoms with Gasteiger partial charge in [-0.1, -0.05) is 0 Å². The number of alkyl halides is 3. The Hall–Kier alpha value is -0.290. The summed E-state index contributed by atoms with van der Waals surface area (Å²) in [6, 6.07) is 0. The van der Waals surface area contributed by atoms with Crippen LogP contribution in [0.1, 0.15) is 19.8 Å². The monoisotopic (exact) mass is 183 g/mol. The predicted molar refractivity (Wildman–Crippen MR) is 35.0 cm³/mol. The van der Waals surface area contributed by atoms with Crippen LogP contribution in [-0.4, -0.2) is 18.6 Å². The lowest BCUT2D eigenvalue weighted by atomic mass is 9.92. The lowest BCUT2D eigenvalue weighted by Gasteiger charge is -2.34. The summed E-state index contributed by atoms with van der Waals surface area (Å²) in [7, 11) is 0. The van der Waals surface area contributed by atoms with Gasteiger partial charge in [0.15, 0.2) is 0 Å². The van der Waals surface area contributed by atoms with Crippen molar-refractivity contribution in [1.29, 1.82) is 0 Å². The van der Waals surface area contributed by atoms with E-state index in [-0.39, 0.29) is 6.10 Å². The highest BCUT2D eigenvalue weighted by molar-refractivity contribution is 4.81. The van der Waals surface area contributed by atoms with Gasteiger partial charge in [-0.3, -0.25) is 4.74 Å². The van der Waals surface area contributed by atoms with Gasteiger partial charge in [0.1, 0.15) is 0 Å². The normalized spacial score (nSPS) is 30.0. The largest absolute Gasteiger partial charge is 0.522 e. The van der Waals surface area contributed by atoms with E-state index >= 15 is 0 Å². The molecule has 0 saturated heterocycles. The van der Waals surface area contributed by atoms with E-state index in [0.717, 1.165) is 0 Å². The van der Waals surface area contributed by atoms with Crippen LogP contribution in [0.3, 0.4) is 0 Å². The zero-order valence-electron chi connectivity index (χ0n) is 6.60. The summed E-state index contributed by atoms with van der Waals surface area (Å²) in [4.78, 5) is 0. The summed E-state index contributed by atoms with van der Waals surface area (Å²) >= 11 is 0. The smallest absolute Gasteiger partial charge is 0.372 e. The summed E-state index contributed by atoms with van der Waals surface area (Å²) in [5.74, 6) is 0. The Morgan fingerprint density at radius 3 is 2.25 bits per heavy atom. The van der Waals surface area contributed by atoms with Crippen LogP contribution in [0.4, 0.5) is 13.2 Å². The van der Waals surface area contributed by atoms with E-state index in [9.17, 15) is 13.2 Å². The maximum atomic E-state index is 11.6. The minimum Gasteiger partial charge on any atom is -0.372 e. The highest BCUT2D eigenvalue weighted by Gasteiger charge is 2.40. The third-order valence-electron chi connectivity index (χ3n) is 1.68. The van der Waals surface area contributed by atoms with E-state index < -0.39 is 12.5 Å². The maximum absolute atomic E-state index is 11.6. The highest BCUT2D eigenvalue weighted by Crippen LogP contribution is 2.32. The summed E-state index contributed by atoms with van der Waals surface area (Å²) in [5.41, 5.74) is 0. The van der Waals surface area contributed by atoms with Crippen LogP contribution in [0.5, 0.6) is 0 Å². The molecule has 71 valence electrons. The molecule has 0 aromatic carbocycles. The molecule has 0 atom stereocenters. The molecule has 0 aromatic heterocycles. The van der Waals surface area contributed by atoms with Crippen LogP contribution in [0.15, 0.2) is 0 Å². The van der Waals surface area contributed by atoms with Crippen molar-refractivity contribution in [1.82, 2.24) is 0 Å². The molecule has 0 aromatic rings. The van der Waals surface area contributed by atoms with Gasteiger partial charge in [-0.25, -0.2) is 0 Å². The number of ether oxygens (including phenoxy) is 2. The Balaban J connectivity index is 2.10. The summed E-state index contributed by atoms with van der Waals surface area (Å²) in [5, 5.41) is 0. The summed E-state index contributed by atoms with van der Waals surface area (Å²) in [6.07, 6.45) is -4.67.